The number of benzene rings is 1. The van der Waals surface area contributed by atoms with Gasteiger partial charge in [0.25, 0.3) is 5.91 Å². The SMILES string of the molecule is CC(Oc1cccc(Cl)c1)C(=O)N(CCCO)C1CCC1. The maximum Gasteiger partial charge on any atom is 0.263 e. The molecule has 21 heavy (non-hydrogen) atoms. The van der Waals surface area contributed by atoms with Gasteiger partial charge in [0.2, 0.25) is 0 Å². The molecule has 0 aromatic heterocycles. The number of halogens is 1. The van der Waals surface area contributed by atoms with E-state index < -0.39 is 6.10 Å². The molecule has 1 aromatic carbocycles. The first kappa shape index (κ1) is 16.1. The van der Waals surface area contributed by atoms with Crippen molar-refractivity contribution < 1.29 is 14.6 Å². The predicted octanol–water partition coefficient (Wildman–Crippen LogP) is 2.87. The normalized spacial score (nSPS) is 16.1. The Balaban J connectivity index is 1.98. The summed E-state index contributed by atoms with van der Waals surface area (Å²) in [5.41, 5.74) is 0. The van der Waals surface area contributed by atoms with Gasteiger partial charge in [-0.3, -0.25) is 4.79 Å². The zero-order valence-corrected chi connectivity index (χ0v) is 13.1. The molecule has 5 heteroatoms. The summed E-state index contributed by atoms with van der Waals surface area (Å²) in [6, 6.07) is 7.35. The van der Waals surface area contributed by atoms with E-state index in [0.29, 0.717) is 29.8 Å². The summed E-state index contributed by atoms with van der Waals surface area (Å²) in [4.78, 5) is 14.4. The van der Waals surface area contributed by atoms with E-state index in [1.165, 1.54) is 0 Å². The second-order valence-electron chi connectivity index (χ2n) is 5.41. The number of ether oxygens (including phenoxy) is 1. The Kier molecular flexibility index (Phi) is 5.88. The highest BCUT2D eigenvalue weighted by Crippen LogP contribution is 2.26. The monoisotopic (exact) mass is 311 g/mol. The Bertz CT molecular complexity index is 476. The van der Waals surface area contributed by atoms with E-state index in [1.54, 1.807) is 31.2 Å². The van der Waals surface area contributed by atoms with Gasteiger partial charge in [0.1, 0.15) is 5.75 Å². The van der Waals surface area contributed by atoms with Gasteiger partial charge in [-0.15, -0.1) is 0 Å². The molecule has 2 rings (SSSR count). The van der Waals surface area contributed by atoms with Crippen molar-refractivity contribution in [3.05, 3.63) is 29.3 Å². The van der Waals surface area contributed by atoms with Gasteiger partial charge in [-0.1, -0.05) is 17.7 Å². The Morgan fingerprint density at radius 3 is 2.86 bits per heavy atom. The van der Waals surface area contributed by atoms with Crippen molar-refractivity contribution in [1.82, 2.24) is 4.90 Å². The highest BCUT2D eigenvalue weighted by atomic mass is 35.5. The first-order chi connectivity index (χ1) is 10.1. The van der Waals surface area contributed by atoms with Crippen LogP contribution in [0.1, 0.15) is 32.6 Å². The fourth-order valence-electron chi connectivity index (χ4n) is 2.44. The zero-order chi connectivity index (χ0) is 15.2. The molecule has 1 amide bonds. The van der Waals surface area contributed by atoms with Gasteiger partial charge in [-0.25, -0.2) is 0 Å². The Labute approximate surface area is 130 Å². The fourth-order valence-corrected chi connectivity index (χ4v) is 2.62. The molecule has 4 nitrogen and oxygen atoms in total. The second-order valence-corrected chi connectivity index (χ2v) is 5.85. The summed E-state index contributed by atoms with van der Waals surface area (Å²) in [7, 11) is 0. The van der Waals surface area contributed by atoms with Crippen molar-refractivity contribution in [3.63, 3.8) is 0 Å². The first-order valence-electron chi connectivity index (χ1n) is 7.45. The number of carbonyl (C=O) groups excluding carboxylic acids is 1. The molecule has 0 radical (unpaired) electrons. The molecule has 0 spiro atoms. The minimum absolute atomic E-state index is 0.0203. The van der Waals surface area contributed by atoms with Crippen molar-refractivity contribution in [2.45, 2.75) is 44.8 Å². The maximum atomic E-state index is 12.6. The van der Waals surface area contributed by atoms with Crippen LogP contribution in [0.15, 0.2) is 24.3 Å². The number of aliphatic hydroxyl groups is 1. The zero-order valence-electron chi connectivity index (χ0n) is 12.3. The van der Waals surface area contributed by atoms with Crippen LogP contribution in [0.2, 0.25) is 5.02 Å². The van der Waals surface area contributed by atoms with Crippen LogP contribution < -0.4 is 4.74 Å². The summed E-state index contributed by atoms with van der Waals surface area (Å²) in [5.74, 6) is 0.576. The lowest BCUT2D eigenvalue weighted by Crippen LogP contribution is -2.49. The van der Waals surface area contributed by atoms with Crippen LogP contribution in [0.25, 0.3) is 0 Å². The van der Waals surface area contributed by atoms with Gasteiger partial charge < -0.3 is 14.7 Å². The minimum Gasteiger partial charge on any atom is -0.481 e. The van der Waals surface area contributed by atoms with Crippen LogP contribution in [-0.2, 0) is 4.79 Å². The van der Waals surface area contributed by atoms with E-state index in [2.05, 4.69) is 0 Å². The van der Waals surface area contributed by atoms with E-state index in [4.69, 9.17) is 21.4 Å². The summed E-state index contributed by atoms with van der Waals surface area (Å²) < 4.78 is 5.70. The van der Waals surface area contributed by atoms with Gasteiger partial charge in [-0.05, 0) is 50.8 Å². The summed E-state index contributed by atoms with van der Waals surface area (Å²) >= 11 is 5.92. The number of carbonyl (C=O) groups is 1. The van der Waals surface area contributed by atoms with Gasteiger partial charge in [0, 0.05) is 24.2 Å². The number of hydrogen-bond donors (Lipinski definition) is 1. The highest BCUT2D eigenvalue weighted by Gasteiger charge is 2.31. The molecule has 116 valence electrons. The maximum absolute atomic E-state index is 12.6. The molecule has 1 aliphatic carbocycles. The van der Waals surface area contributed by atoms with Crippen molar-refractivity contribution in [3.8, 4) is 5.75 Å². The number of hydrogen-bond acceptors (Lipinski definition) is 3. The standard InChI is InChI=1S/C16H22ClNO3/c1-12(21-15-8-2-5-13(17)11-15)16(20)18(9-4-10-19)14-6-3-7-14/h2,5,8,11-12,14,19H,3-4,6-7,9-10H2,1H3. The molecule has 1 N–H and O–H groups in total. The molecule has 1 atom stereocenters. The van der Waals surface area contributed by atoms with Crippen molar-refractivity contribution in [1.29, 1.82) is 0 Å². The molecule has 0 saturated heterocycles. The van der Waals surface area contributed by atoms with Crippen LogP contribution in [0.5, 0.6) is 5.75 Å². The summed E-state index contributed by atoms with van der Waals surface area (Å²) in [6.07, 6.45) is 3.30. The van der Waals surface area contributed by atoms with E-state index >= 15 is 0 Å². The van der Waals surface area contributed by atoms with Crippen LogP contribution in [0.3, 0.4) is 0 Å². The van der Waals surface area contributed by atoms with Gasteiger partial charge in [0.05, 0.1) is 0 Å². The molecular weight excluding hydrogens is 290 g/mol. The molecule has 1 aliphatic rings. The molecule has 0 bridgehead atoms. The number of aliphatic hydroxyl groups excluding tert-OH is 1. The van der Waals surface area contributed by atoms with Gasteiger partial charge in [-0.2, -0.15) is 0 Å². The lowest BCUT2D eigenvalue weighted by Gasteiger charge is -2.38. The van der Waals surface area contributed by atoms with E-state index in [-0.39, 0.29) is 12.5 Å². The lowest BCUT2D eigenvalue weighted by molar-refractivity contribution is -0.142. The average Bonchev–Trinajstić information content (AvgIpc) is 2.40. The molecule has 1 unspecified atom stereocenters. The van der Waals surface area contributed by atoms with E-state index in [0.717, 1.165) is 19.3 Å². The van der Waals surface area contributed by atoms with E-state index in [9.17, 15) is 4.79 Å². The molecule has 1 fully saturated rings. The van der Waals surface area contributed by atoms with Crippen LogP contribution >= 0.6 is 11.6 Å². The van der Waals surface area contributed by atoms with Gasteiger partial charge >= 0.3 is 0 Å². The third-order valence-corrected chi connectivity index (χ3v) is 4.05. The Morgan fingerprint density at radius 2 is 2.29 bits per heavy atom. The average molecular weight is 312 g/mol. The van der Waals surface area contributed by atoms with Crippen molar-refractivity contribution >= 4 is 17.5 Å². The van der Waals surface area contributed by atoms with Crippen LogP contribution in [0, 0.1) is 0 Å². The van der Waals surface area contributed by atoms with Crippen molar-refractivity contribution in [2.75, 3.05) is 13.2 Å². The van der Waals surface area contributed by atoms with E-state index in [1.807, 2.05) is 4.90 Å². The quantitative estimate of drug-likeness (QED) is 0.842. The number of rotatable bonds is 7. The first-order valence-corrected chi connectivity index (χ1v) is 7.83. The Morgan fingerprint density at radius 1 is 1.52 bits per heavy atom. The highest BCUT2D eigenvalue weighted by molar-refractivity contribution is 6.30. The fraction of sp³-hybridized carbons (Fsp3) is 0.562. The largest absolute Gasteiger partial charge is 0.481 e. The summed E-state index contributed by atoms with van der Waals surface area (Å²) in [6.45, 7) is 2.44. The number of amides is 1. The van der Waals surface area contributed by atoms with Crippen LogP contribution in [0.4, 0.5) is 0 Å². The molecule has 1 saturated carbocycles. The second kappa shape index (κ2) is 7.66. The molecular formula is C16H22ClNO3. The Hall–Kier alpha value is -1.26. The third kappa shape index (κ3) is 4.35. The smallest absolute Gasteiger partial charge is 0.263 e. The molecule has 0 aliphatic heterocycles. The van der Waals surface area contributed by atoms with Crippen molar-refractivity contribution in [2.24, 2.45) is 0 Å². The molecule has 0 heterocycles. The predicted molar refractivity (Wildman–Crippen MR) is 82.6 cm³/mol. The van der Waals surface area contributed by atoms with Gasteiger partial charge in [0.15, 0.2) is 6.10 Å². The number of nitrogens with zero attached hydrogens (tertiary/aromatic N) is 1. The van der Waals surface area contributed by atoms with Crippen LogP contribution in [-0.4, -0.2) is 41.2 Å². The lowest BCUT2D eigenvalue weighted by atomic mass is 9.91. The summed E-state index contributed by atoms with van der Waals surface area (Å²) in [5, 5.41) is 9.58. The minimum atomic E-state index is -0.553. The third-order valence-electron chi connectivity index (χ3n) is 3.81. The topological polar surface area (TPSA) is 49.8 Å². The molecule has 1 aromatic rings.